The van der Waals surface area contributed by atoms with Gasteiger partial charge in [0.25, 0.3) is 0 Å². The van der Waals surface area contributed by atoms with Crippen LogP contribution in [0.1, 0.15) is 16.7 Å². The largest absolute Gasteiger partial charge is 0.416 e. The molecule has 2 N–H and O–H groups in total. The molecular formula is C16H13F3N2OS. The summed E-state index contributed by atoms with van der Waals surface area (Å²) in [6.07, 6.45) is -3.97. The summed E-state index contributed by atoms with van der Waals surface area (Å²) in [7, 11) is 0. The first-order valence-electron chi connectivity index (χ1n) is 6.90. The van der Waals surface area contributed by atoms with Gasteiger partial charge < -0.3 is 5.32 Å². The van der Waals surface area contributed by atoms with Gasteiger partial charge in [-0.05, 0) is 47.3 Å². The van der Waals surface area contributed by atoms with Gasteiger partial charge >= 0.3 is 6.18 Å². The van der Waals surface area contributed by atoms with Gasteiger partial charge in [-0.25, -0.2) is 0 Å². The van der Waals surface area contributed by atoms with Crippen molar-refractivity contribution >= 4 is 23.5 Å². The molecule has 2 aromatic rings. The van der Waals surface area contributed by atoms with Crippen LogP contribution in [0.4, 0.5) is 18.9 Å². The van der Waals surface area contributed by atoms with E-state index in [2.05, 4.69) is 10.0 Å². The third kappa shape index (κ3) is 3.86. The van der Waals surface area contributed by atoms with Crippen LogP contribution in [0.2, 0.25) is 0 Å². The zero-order chi connectivity index (χ0) is 16.4. The average Bonchev–Trinajstić information content (AvgIpc) is 2.86. The molecule has 1 aliphatic heterocycles. The Kier molecular flexibility index (Phi) is 4.32. The average molecular weight is 338 g/mol. The van der Waals surface area contributed by atoms with E-state index in [1.807, 2.05) is 18.2 Å². The second kappa shape index (κ2) is 6.25. The van der Waals surface area contributed by atoms with Crippen LogP contribution < -0.4 is 10.0 Å². The molecule has 0 fully saturated rings. The van der Waals surface area contributed by atoms with Crippen molar-refractivity contribution in [2.45, 2.75) is 24.0 Å². The highest BCUT2D eigenvalue weighted by molar-refractivity contribution is 7.97. The molecular weight excluding hydrogens is 325 g/mol. The van der Waals surface area contributed by atoms with E-state index in [1.165, 1.54) is 18.0 Å². The number of nitrogens with one attached hydrogen (secondary N) is 2. The minimum atomic E-state index is -4.33. The van der Waals surface area contributed by atoms with Crippen molar-refractivity contribution in [2.75, 3.05) is 5.32 Å². The first kappa shape index (κ1) is 15.9. The summed E-state index contributed by atoms with van der Waals surface area (Å²) in [6, 6.07) is 10.8. The number of rotatable bonds is 4. The van der Waals surface area contributed by atoms with Crippen molar-refractivity contribution in [1.82, 2.24) is 4.72 Å². The predicted octanol–water partition coefficient (Wildman–Crippen LogP) is 4.00. The van der Waals surface area contributed by atoms with Crippen molar-refractivity contribution in [3.8, 4) is 0 Å². The van der Waals surface area contributed by atoms with E-state index in [0.717, 1.165) is 28.3 Å². The van der Waals surface area contributed by atoms with E-state index in [0.29, 0.717) is 18.5 Å². The summed E-state index contributed by atoms with van der Waals surface area (Å²) in [5.74, 6) is -0.0286. The molecule has 0 bridgehead atoms. The molecule has 0 radical (unpaired) electrons. The lowest BCUT2D eigenvalue weighted by Crippen LogP contribution is -2.08. The van der Waals surface area contributed by atoms with Crippen LogP contribution in [-0.2, 0) is 23.9 Å². The first-order chi connectivity index (χ1) is 10.9. The van der Waals surface area contributed by atoms with Gasteiger partial charge in [0.05, 0.1) is 12.0 Å². The Morgan fingerprint density at radius 2 is 2.00 bits per heavy atom. The van der Waals surface area contributed by atoms with Gasteiger partial charge in [0.1, 0.15) is 0 Å². The molecule has 0 saturated heterocycles. The van der Waals surface area contributed by atoms with Gasteiger partial charge in [0.15, 0.2) is 0 Å². The summed E-state index contributed by atoms with van der Waals surface area (Å²) >= 11 is 1.33. The highest BCUT2D eigenvalue weighted by atomic mass is 32.2. The summed E-state index contributed by atoms with van der Waals surface area (Å²) in [5.41, 5.74) is 1.66. The highest BCUT2D eigenvalue weighted by Crippen LogP contribution is 2.30. The number of amides is 1. The lowest BCUT2D eigenvalue weighted by atomic mass is 10.1. The number of anilines is 1. The van der Waals surface area contributed by atoms with Gasteiger partial charge in [0, 0.05) is 17.1 Å². The molecule has 1 amide bonds. The van der Waals surface area contributed by atoms with Crippen LogP contribution in [0.15, 0.2) is 47.4 Å². The Hall–Kier alpha value is -1.99. The van der Waals surface area contributed by atoms with E-state index < -0.39 is 11.7 Å². The normalized spacial score (nSPS) is 13.8. The fraction of sp³-hybridized carbons (Fsp3) is 0.188. The maximum atomic E-state index is 12.7. The quantitative estimate of drug-likeness (QED) is 0.828. The summed E-state index contributed by atoms with van der Waals surface area (Å²) in [5, 5.41) is 2.75. The van der Waals surface area contributed by atoms with Gasteiger partial charge in [-0.1, -0.05) is 18.2 Å². The lowest BCUT2D eigenvalue weighted by molar-refractivity contribution is -0.137. The number of halogens is 3. The molecule has 23 heavy (non-hydrogen) atoms. The molecule has 3 rings (SSSR count). The molecule has 7 heteroatoms. The van der Waals surface area contributed by atoms with E-state index in [4.69, 9.17) is 0 Å². The van der Waals surface area contributed by atoms with Crippen molar-refractivity contribution in [1.29, 1.82) is 0 Å². The van der Waals surface area contributed by atoms with Crippen molar-refractivity contribution in [3.05, 3.63) is 59.2 Å². The Labute approximate surface area is 135 Å². The second-order valence-electron chi connectivity index (χ2n) is 5.17. The summed E-state index contributed by atoms with van der Waals surface area (Å²) in [6.45, 7) is 0.308. The molecule has 0 atom stereocenters. The van der Waals surface area contributed by atoms with Gasteiger partial charge in [0.2, 0.25) is 5.91 Å². The van der Waals surface area contributed by atoms with Crippen molar-refractivity contribution in [2.24, 2.45) is 0 Å². The topological polar surface area (TPSA) is 41.1 Å². The van der Waals surface area contributed by atoms with E-state index >= 15 is 0 Å². The third-order valence-corrected chi connectivity index (χ3v) is 4.20. The number of benzene rings is 2. The van der Waals surface area contributed by atoms with Crippen LogP contribution >= 0.6 is 11.9 Å². The van der Waals surface area contributed by atoms with Crippen LogP contribution in [0.3, 0.4) is 0 Å². The Bertz CT molecular complexity index is 746. The molecule has 0 spiro atoms. The predicted molar refractivity (Wildman–Crippen MR) is 82.9 cm³/mol. The number of hydrogen-bond donors (Lipinski definition) is 2. The van der Waals surface area contributed by atoms with E-state index in [9.17, 15) is 18.0 Å². The second-order valence-corrected chi connectivity index (χ2v) is 6.13. The number of carbonyl (C=O) groups is 1. The maximum absolute atomic E-state index is 12.7. The van der Waals surface area contributed by atoms with E-state index in [1.54, 1.807) is 6.07 Å². The van der Waals surface area contributed by atoms with Gasteiger partial charge in [-0.15, -0.1) is 0 Å². The molecule has 0 aliphatic carbocycles. The monoisotopic (exact) mass is 338 g/mol. The molecule has 0 aromatic heterocycles. The zero-order valence-electron chi connectivity index (χ0n) is 11.9. The SMILES string of the molecule is O=C1Cc2cc(SNCc3cccc(C(F)(F)F)c3)ccc2N1. The van der Waals surface area contributed by atoms with Crippen LogP contribution in [0, 0.1) is 0 Å². The zero-order valence-corrected chi connectivity index (χ0v) is 12.7. The Morgan fingerprint density at radius 1 is 1.17 bits per heavy atom. The molecule has 120 valence electrons. The van der Waals surface area contributed by atoms with E-state index in [-0.39, 0.29) is 5.91 Å². The number of alkyl halides is 3. The summed E-state index contributed by atoms with van der Waals surface area (Å²) in [4.78, 5) is 12.2. The molecule has 1 aliphatic rings. The van der Waals surface area contributed by atoms with Gasteiger partial charge in [-0.2, -0.15) is 13.2 Å². The number of fused-ring (bicyclic) bond motifs is 1. The molecule has 2 aromatic carbocycles. The highest BCUT2D eigenvalue weighted by Gasteiger charge is 2.30. The number of carbonyl (C=O) groups excluding carboxylic acids is 1. The Morgan fingerprint density at radius 3 is 2.78 bits per heavy atom. The molecule has 0 saturated carbocycles. The number of hydrogen-bond acceptors (Lipinski definition) is 3. The molecule has 0 unspecified atom stereocenters. The van der Waals surface area contributed by atoms with Gasteiger partial charge in [-0.3, -0.25) is 9.52 Å². The molecule has 3 nitrogen and oxygen atoms in total. The van der Waals surface area contributed by atoms with Crippen LogP contribution in [0.25, 0.3) is 0 Å². The first-order valence-corrected chi connectivity index (χ1v) is 7.72. The van der Waals surface area contributed by atoms with Crippen molar-refractivity contribution < 1.29 is 18.0 Å². The Balaban J connectivity index is 1.60. The fourth-order valence-corrected chi connectivity index (χ4v) is 3.07. The third-order valence-electron chi connectivity index (χ3n) is 3.42. The smallest absolute Gasteiger partial charge is 0.326 e. The minimum Gasteiger partial charge on any atom is -0.326 e. The maximum Gasteiger partial charge on any atom is 0.416 e. The van der Waals surface area contributed by atoms with Crippen LogP contribution in [0.5, 0.6) is 0 Å². The van der Waals surface area contributed by atoms with Crippen molar-refractivity contribution in [3.63, 3.8) is 0 Å². The lowest BCUT2D eigenvalue weighted by Gasteiger charge is -2.09. The minimum absolute atomic E-state index is 0.0286. The molecule has 1 heterocycles. The summed E-state index contributed by atoms with van der Waals surface area (Å²) < 4.78 is 41.0. The van der Waals surface area contributed by atoms with Crippen LogP contribution in [-0.4, -0.2) is 5.91 Å². The standard InChI is InChI=1S/C16H13F3N2OS/c17-16(18,19)12-3-1-2-10(6-12)9-20-23-13-4-5-14-11(7-13)8-15(22)21-14/h1-7,20H,8-9H2,(H,21,22). The fourth-order valence-electron chi connectivity index (χ4n) is 2.33.